The molecule has 1 rings (SSSR count). The third-order valence-corrected chi connectivity index (χ3v) is 2.38. The van der Waals surface area contributed by atoms with Gasteiger partial charge in [0.15, 0.2) is 6.61 Å². The molecular weight excluding hydrogens is 248 g/mol. The quantitative estimate of drug-likeness (QED) is 0.844. The highest BCUT2D eigenvalue weighted by atomic mass is 79.9. The molecule has 14 heavy (non-hydrogen) atoms. The maximum atomic E-state index is 10.3. The van der Waals surface area contributed by atoms with Crippen molar-refractivity contribution in [2.24, 2.45) is 0 Å². The molecule has 0 aromatic heterocycles. The Morgan fingerprint density at radius 1 is 1.57 bits per heavy atom. The molecule has 1 aromatic carbocycles. The second-order valence-corrected chi connectivity index (χ2v) is 3.44. The third-order valence-electron chi connectivity index (χ3n) is 1.78. The van der Waals surface area contributed by atoms with E-state index >= 15 is 0 Å². The number of carboxylic acids is 1. The summed E-state index contributed by atoms with van der Waals surface area (Å²) in [6, 6.07) is 5.71. The fourth-order valence-electron chi connectivity index (χ4n) is 1.16. The summed E-state index contributed by atoms with van der Waals surface area (Å²) in [5.74, 6) is -0.305. The highest BCUT2D eigenvalue weighted by molar-refractivity contribution is 9.08. The van der Waals surface area contributed by atoms with Crippen molar-refractivity contribution in [1.29, 1.82) is 0 Å². The number of aryl methyl sites for hydroxylation is 1. The van der Waals surface area contributed by atoms with E-state index in [9.17, 15) is 4.79 Å². The Hall–Kier alpha value is -1.03. The monoisotopic (exact) mass is 258 g/mol. The fraction of sp³-hybridized carbons (Fsp3) is 0.300. The van der Waals surface area contributed by atoms with Crippen molar-refractivity contribution in [3.63, 3.8) is 0 Å². The van der Waals surface area contributed by atoms with Crippen molar-refractivity contribution >= 4 is 21.9 Å². The molecule has 1 aromatic rings. The van der Waals surface area contributed by atoms with Gasteiger partial charge in [0, 0.05) is 10.9 Å². The van der Waals surface area contributed by atoms with Gasteiger partial charge in [-0.1, -0.05) is 34.1 Å². The van der Waals surface area contributed by atoms with Crippen molar-refractivity contribution < 1.29 is 14.6 Å². The number of para-hydroxylation sites is 1. The zero-order chi connectivity index (χ0) is 10.6. The van der Waals surface area contributed by atoms with Crippen molar-refractivity contribution in [2.75, 3.05) is 6.61 Å². The molecule has 1 N–H and O–H groups in total. The van der Waals surface area contributed by atoms with Crippen LogP contribution < -0.4 is 4.74 Å². The molecule has 0 saturated heterocycles. The Morgan fingerprint density at radius 2 is 2.29 bits per heavy atom. The molecule has 0 aliphatic rings. The highest BCUT2D eigenvalue weighted by Crippen LogP contribution is 2.25. The summed E-state index contributed by atoms with van der Waals surface area (Å²) >= 11 is 3.32. The second kappa shape index (κ2) is 5.00. The van der Waals surface area contributed by atoms with E-state index in [0.29, 0.717) is 11.1 Å². The number of benzene rings is 1. The van der Waals surface area contributed by atoms with E-state index in [0.717, 1.165) is 11.1 Å². The van der Waals surface area contributed by atoms with Gasteiger partial charge in [-0.25, -0.2) is 4.79 Å². The lowest BCUT2D eigenvalue weighted by Crippen LogP contribution is -2.11. The normalized spacial score (nSPS) is 9.86. The zero-order valence-electron chi connectivity index (χ0n) is 7.79. The number of carbonyl (C=O) groups is 1. The molecule has 0 heterocycles. The topological polar surface area (TPSA) is 46.5 Å². The fourth-order valence-corrected chi connectivity index (χ4v) is 1.60. The number of alkyl halides is 1. The Labute approximate surface area is 90.8 Å². The SMILES string of the molecule is Cc1cccc(CBr)c1OCC(=O)O. The van der Waals surface area contributed by atoms with Crippen molar-refractivity contribution in [3.8, 4) is 5.75 Å². The summed E-state index contributed by atoms with van der Waals surface area (Å²) in [6.07, 6.45) is 0. The van der Waals surface area contributed by atoms with Gasteiger partial charge in [0.05, 0.1) is 0 Å². The summed E-state index contributed by atoms with van der Waals surface area (Å²) in [6.45, 7) is 1.59. The number of halogens is 1. The Balaban J connectivity index is 2.87. The van der Waals surface area contributed by atoms with Crippen LogP contribution in [0.4, 0.5) is 0 Å². The molecule has 0 aliphatic carbocycles. The van der Waals surface area contributed by atoms with E-state index in [1.54, 1.807) is 0 Å². The molecule has 0 fully saturated rings. The molecule has 0 spiro atoms. The van der Waals surface area contributed by atoms with Crippen molar-refractivity contribution in [3.05, 3.63) is 29.3 Å². The number of hydrogen-bond donors (Lipinski definition) is 1. The Bertz CT molecular complexity index is 336. The first-order valence-corrected chi connectivity index (χ1v) is 5.26. The van der Waals surface area contributed by atoms with E-state index in [-0.39, 0.29) is 6.61 Å². The Morgan fingerprint density at radius 3 is 2.86 bits per heavy atom. The van der Waals surface area contributed by atoms with Crippen LogP contribution in [0.15, 0.2) is 18.2 Å². The average molecular weight is 259 g/mol. The van der Waals surface area contributed by atoms with Gasteiger partial charge in [0.25, 0.3) is 0 Å². The first kappa shape index (κ1) is 11.0. The predicted octanol–water partition coefficient (Wildman–Crippen LogP) is 2.35. The van der Waals surface area contributed by atoms with Crippen molar-refractivity contribution in [2.45, 2.75) is 12.3 Å². The maximum absolute atomic E-state index is 10.3. The zero-order valence-corrected chi connectivity index (χ0v) is 9.37. The molecule has 76 valence electrons. The first-order chi connectivity index (χ1) is 6.65. The van der Waals surface area contributed by atoms with Crippen LogP contribution >= 0.6 is 15.9 Å². The summed E-state index contributed by atoms with van der Waals surface area (Å²) in [4.78, 5) is 10.3. The minimum Gasteiger partial charge on any atom is -0.481 e. The lowest BCUT2D eigenvalue weighted by Gasteiger charge is -2.10. The molecule has 0 aliphatic heterocycles. The van der Waals surface area contributed by atoms with Crippen LogP contribution in [-0.2, 0) is 10.1 Å². The Kier molecular flexibility index (Phi) is 3.95. The number of carboxylic acid groups (broad SMARTS) is 1. The summed E-state index contributed by atoms with van der Waals surface area (Å²) < 4.78 is 5.19. The van der Waals surface area contributed by atoms with Gasteiger partial charge in [-0.3, -0.25) is 0 Å². The van der Waals surface area contributed by atoms with E-state index in [1.807, 2.05) is 25.1 Å². The number of aliphatic carboxylic acids is 1. The van der Waals surface area contributed by atoms with Crippen LogP contribution in [0.2, 0.25) is 0 Å². The van der Waals surface area contributed by atoms with Gasteiger partial charge in [-0.2, -0.15) is 0 Å². The van der Waals surface area contributed by atoms with Crippen LogP contribution in [-0.4, -0.2) is 17.7 Å². The average Bonchev–Trinajstić information content (AvgIpc) is 2.15. The second-order valence-electron chi connectivity index (χ2n) is 2.88. The summed E-state index contributed by atoms with van der Waals surface area (Å²) in [7, 11) is 0. The van der Waals surface area contributed by atoms with E-state index in [1.165, 1.54) is 0 Å². The highest BCUT2D eigenvalue weighted by Gasteiger charge is 2.07. The van der Waals surface area contributed by atoms with E-state index in [4.69, 9.17) is 9.84 Å². The molecule has 0 unspecified atom stereocenters. The summed E-state index contributed by atoms with van der Waals surface area (Å²) in [5.41, 5.74) is 1.91. The summed E-state index contributed by atoms with van der Waals surface area (Å²) in [5, 5.41) is 9.15. The smallest absolute Gasteiger partial charge is 0.341 e. The molecule has 0 radical (unpaired) electrons. The molecular formula is C10H11BrO3. The lowest BCUT2D eigenvalue weighted by molar-refractivity contribution is -0.139. The van der Waals surface area contributed by atoms with Crippen LogP contribution in [0.3, 0.4) is 0 Å². The maximum Gasteiger partial charge on any atom is 0.341 e. The van der Waals surface area contributed by atoms with Gasteiger partial charge < -0.3 is 9.84 Å². The molecule has 0 saturated carbocycles. The standard InChI is InChI=1S/C10H11BrO3/c1-7-3-2-4-8(5-11)10(7)14-6-9(12)13/h2-4H,5-6H2,1H3,(H,12,13). The minimum absolute atomic E-state index is 0.301. The van der Waals surface area contributed by atoms with Crippen molar-refractivity contribution in [1.82, 2.24) is 0 Å². The number of ether oxygens (including phenoxy) is 1. The lowest BCUT2D eigenvalue weighted by atomic mass is 10.1. The van der Waals surface area contributed by atoms with E-state index < -0.39 is 5.97 Å². The molecule has 0 atom stereocenters. The van der Waals surface area contributed by atoms with Crippen LogP contribution in [0.1, 0.15) is 11.1 Å². The predicted molar refractivity (Wildman–Crippen MR) is 56.9 cm³/mol. The molecule has 4 heteroatoms. The van der Waals surface area contributed by atoms with Gasteiger partial charge in [-0.05, 0) is 12.5 Å². The van der Waals surface area contributed by atoms with Crippen LogP contribution in [0.5, 0.6) is 5.75 Å². The molecule has 0 bridgehead atoms. The van der Waals surface area contributed by atoms with Crippen LogP contribution in [0, 0.1) is 6.92 Å². The third kappa shape index (κ3) is 2.73. The molecule has 0 amide bonds. The largest absolute Gasteiger partial charge is 0.481 e. The van der Waals surface area contributed by atoms with Gasteiger partial charge >= 0.3 is 5.97 Å². The van der Waals surface area contributed by atoms with Gasteiger partial charge in [0.1, 0.15) is 5.75 Å². The number of rotatable bonds is 4. The first-order valence-electron chi connectivity index (χ1n) is 4.14. The van der Waals surface area contributed by atoms with Gasteiger partial charge in [0.2, 0.25) is 0 Å². The minimum atomic E-state index is -0.964. The van der Waals surface area contributed by atoms with E-state index in [2.05, 4.69) is 15.9 Å². The van der Waals surface area contributed by atoms with Crippen LogP contribution in [0.25, 0.3) is 0 Å². The van der Waals surface area contributed by atoms with Gasteiger partial charge in [-0.15, -0.1) is 0 Å². The molecule has 3 nitrogen and oxygen atoms in total. The number of hydrogen-bond acceptors (Lipinski definition) is 2.